The highest BCUT2D eigenvalue weighted by Crippen LogP contribution is 2.25. The maximum atomic E-state index is 8.63. The average Bonchev–Trinajstić information content (AvgIpc) is 3.21. The van der Waals surface area contributed by atoms with Gasteiger partial charge in [0.2, 0.25) is 0 Å². The maximum Gasteiger partial charge on any atom is 0.157 e. The number of rotatable bonds is 4. The van der Waals surface area contributed by atoms with Gasteiger partial charge in [0.25, 0.3) is 0 Å². The van der Waals surface area contributed by atoms with Gasteiger partial charge in [0.15, 0.2) is 5.82 Å². The van der Waals surface area contributed by atoms with Gasteiger partial charge in [0.05, 0.1) is 11.0 Å². The van der Waals surface area contributed by atoms with Crippen molar-refractivity contribution in [3.63, 3.8) is 0 Å². The third kappa shape index (κ3) is 6.07. The van der Waals surface area contributed by atoms with E-state index in [2.05, 4.69) is 29.1 Å². The summed E-state index contributed by atoms with van der Waals surface area (Å²) in [6.07, 6.45) is 4.42. The van der Waals surface area contributed by atoms with Gasteiger partial charge in [-0.05, 0) is 49.6 Å². The zero-order chi connectivity index (χ0) is 21.9. The highest BCUT2D eigenvalue weighted by molar-refractivity contribution is 6.13. The molecule has 4 rings (SSSR count). The zero-order valence-corrected chi connectivity index (χ0v) is 18.6. The summed E-state index contributed by atoms with van der Waals surface area (Å²) in [4.78, 5) is 7.74. The van der Waals surface area contributed by atoms with Gasteiger partial charge in [-0.2, -0.15) is 0 Å². The molecule has 6 heteroatoms. The molecule has 3 aromatic rings. The Morgan fingerprint density at radius 1 is 1.20 bits per heavy atom. The summed E-state index contributed by atoms with van der Waals surface area (Å²) in [6.45, 7) is 9.02. The number of para-hydroxylation sites is 2. The van der Waals surface area contributed by atoms with Crippen molar-refractivity contribution >= 4 is 28.1 Å². The van der Waals surface area contributed by atoms with Crippen molar-refractivity contribution in [1.29, 1.82) is 5.41 Å². The Morgan fingerprint density at radius 2 is 1.93 bits per heavy atom. The van der Waals surface area contributed by atoms with Crippen LogP contribution in [0.3, 0.4) is 0 Å². The van der Waals surface area contributed by atoms with E-state index < -0.39 is 0 Å². The Balaban J connectivity index is 0.000000590. The number of benzene rings is 2. The molecular weight excluding hydrogens is 374 g/mol. The first-order chi connectivity index (χ1) is 14.6. The van der Waals surface area contributed by atoms with Crippen molar-refractivity contribution in [2.45, 2.75) is 59.6 Å². The van der Waals surface area contributed by atoms with Crippen LogP contribution < -0.4 is 11.1 Å². The zero-order valence-electron chi connectivity index (χ0n) is 18.6. The monoisotopic (exact) mass is 409 g/mol. The Labute approximate surface area is 179 Å². The van der Waals surface area contributed by atoms with Crippen LogP contribution in [0.2, 0.25) is 0 Å². The lowest BCUT2D eigenvalue weighted by Gasteiger charge is -2.25. The molecule has 1 unspecified atom stereocenters. The lowest BCUT2D eigenvalue weighted by molar-refractivity contribution is 0.0343. The molecule has 1 aromatic heterocycles. The topological polar surface area (TPSA) is 99.8 Å². The summed E-state index contributed by atoms with van der Waals surface area (Å²) < 4.78 is 5.76. The fourth-order valence-corrected chi connectivity index (χ4v) is 3.12. The van der Waals surface area contributed by atoms with Crippen LogP contribution in [0.1, 0.15) is 64.8 Å². The number of hydrogen-bond donors (Lipinski definition) is 4. The largest absolute Gasteiger partial charge is 0.399 e. The summed E-state index contributed by atoms with van der Waals surface area (Å²) in [7, 11) is 0. The van der Waals surface area contributed by atoms with E-state index in [0.717, 1.165) is 42.6 Å². The lowest BCUT2D eigenvalue weighted by Crippen LogP contribution is -2.28. The van der Waals surface area contributed by atoms with Crippen molar-refractivity contribution in [3.05, 3.63) is 53.9 Å². The predicted molar refractivity (Wildman–Crippen MR) is 127 cm³/mol. The first-order valence-electron chi connectivity index (χ1n) is 10.9. The molecule has 0 amide bonds. The van der Waals surface area contributed by atoms with E-state index in [9.17, 15) is 0 Å². The highest BCUT2D eigenvalue weighted by Gasteiger charge is 2.18. The molecule has 1 fully saturated rings. The van der Waals surface area contributed by atoms with Crippen LogP contribution in [-0.2, 0) is 4.74 Å². The van der Waals surface area contributed by atoms with Crippen LogP contribution in [0.15, 0.2) is 42.5 Å². The number of H-pyrrole nitrogens is 1. The van der Waals surface area contributed by atoms with Crippen LogP contribution in [0.25, 0.3) is 11.0 Å². The van der Waals surface area contributed by atoms with Crippen molar-refractivity contribution in [3.8, 4) is 0 Å². The second kappa shape index (κ2) is 12.0. The number of ether oxygens (including phenoxy) is 1. The Morgan fingerprint density at radius 3 is 2.60 bits per heavy atom. The number of imidazole rings is 1. The normalized spacial score (nSPS) is 15.4. The van der Waals surface area contributed by atoms with Gasteiger partial charge in [-0.3, -0.25) is 5.41 Å². The molecule has 1 saturated heterocycles. The number of fused-ring (bicyclic) bond motifs is 1. The Kier molecular flexibility index (Phi) is 9.35. The molecule has 1 atom stereocenters. The molecule has 5 N–H and O–H groups in total. The number of aromatic nitrogens is 2. The summed E-state index contributed by atoms with van der Waals surface area (Å²) in [5.74, 6) is 0.527. The van der Waals surface area contributed by atoms with Gasteiger partial charge in [-0.25, -0.2) is 4.98 Å². The average molecular weight is 410 g/mol. The van der Waals surface area contributed by atoms with E-state index in [0.29, 0.717) is 22.8 Å². The van der Waals surface area contributed by atoms with Crippen LogP contribution in [0.5, 0.6) is 0 Å². The van der Waals surface area contributed by atoms with Gasteiger partial charge in [0, 0.05) is 23.5 Å². The summed E-state index contributed by atoms with van der Waals surface area (Å²) >= 11 is 0. The number of aromatic amines is 1. The van der Waals surface area contributed by atoms with Gasteiger partial charge < -0.3 is 20.8 Å². The van der Waals surface area contributed by atoms with Gasteiger partial charge in [-0.1, -0.05) is 46.2 Å². The molecule has 0 aliphatic carbocycles. The van der Waals surface area contributed by atoms with E-state index >= 15 is 0 Å². The smallest absolute Gasteiger partial charge is 0.157 e. The van der Waals surface area contributed by atoms with Crippen molar-refractivity contribution in [2.24, 2.45) is 0 Å². The molecule has 2 aromatic carbocycles. The van der Waals surface area contributed by atoms with Gasteiger partial charge in [0.1, 0.15) is 11.9 Å². The lowest BCUT2D eigenvalue weighted by atomic mass is 10.1. The van der Waals surface area contributed by atoms with Crippen molar-refractivity contribution in [2.75, 3.05) is 17.7 Å². The second-order valence-electron chi connectivity index (χ2n) is 6.99. The van der Waals surface area contributed by atoms with E-state index in [-0.39, 0.29) is 6.23 Å². The minimum Gasteiger partial charge on any atom is -0.399 e. The summed E-state index contributed by atoms with van der Waals surface area (Å²) in [6, 6.07) is 13.3. The van der Waals surface area contributed by atoms with E-state index in [1.54, 1.807) is 6.07 Å². The number of nitrogens with two attached hydrogens (primary N) is 1. The third-order valence-corrected chi connectivity index (χ3v) is 4.44. The first-order valence-corrected chi connectivity index (χ1v) is 10.9. The van der Waals surface area contributed by atoms with Crippen LogP contribution in [0, 0.1) is 5.41 Å². The fraction of sp³-hybridized carbons (Fsp3) is 0.417. The van der Waals surface area contributed by atoms with Crippen molar-refractivity contribution < 1.29 is 4.74 Å². The minimum absolute atomic E-state index is 0.0282. The number of nitrogen functional groups attached to an aromatic ring is 1. The van der Waals surface area contributed by atoms with E-state index in [1.165, 1.54) is 6.42 Å². The summed E-state index contributed by atoms with van der Waals surface area (Å²) in [5, 5.41) is 12.0. The molecule has 0 saturated carbocycles. The quantitative estimate of drug-likeness (QED) is 0.316. The maximum absolute atomic E-state index is 8.63. The van der Waals surface area contributed by atoms with Crippen LogP contribution in [0.4, 0.5) is 11.4 Å². The summed E-state index contributed by atoms with van der Waals surface area (Å²) in [5.41, 5.74) is 10.2. The Hall–Kier alpha value is -2.86. The predicted octanol–water partition coefficient (Wildman–Crippen LogP) is 5.94. The van der Waals surface area contributed by atoms with Crippen LogP contribution in [-0.4, -0.2) is 28.5 Å². The van der Waals surface area contributed by atoms with E-state index in [1.807, 2.05) is 50.2 Å². The standard InChI is InChI=1S/C19H21N5O.C3H8.C2H6/c20-12-8-9-14(22-17-7-3-4-10-25-17)13(11-12)18(21)19-23-15-5-1-2-6-16(15)24-19;1-3-2;1-2/h1-2,5-6,8-9,11,17,21-22H,3-4,7,10,20H2,(H,23,24);3H2,1-2H3;1-2H3. The molecule has 2 heterocycles. The van der Waals surface area contributed by atoms with Gasteiger partial charge >= 0.3 is 0 Å². The molecule has 0 bridgehead atoms. The molecular formula is C24H35N5O. The number of hydrogen-bond acceptors (Lipinski definition) is 5. The number of anilines is 2. The molecule has 6 nitrogen and oxygen atoms in total. The van der Waals surface area contributed by atoms with Gasteiger partial charge in [-0.15, -0.1) is 0 Å². The minimum atomic E-state index is -0.0282. The highest BCUT2D eigenvalue weighted by atomic mass is 16.5. The number of nitrogens with one attached hydrogen (secondary N) is 3. The third-order valence-electron chi connectivity index (χ3n) is 4.44. The molecule has 30 heavy (non-hydrogen) atoms. The fourth-order valence-electron chi connectivity index (χ4n) is 3.12. The number of nitrogens with zero attached hydrogens (tertiary/aromatic N) is 1. The second-order valence-corrected chi connectivity index (χ2v) is 6.99. The van der Waals surface area contributed by atoms with E-state index in [4.69, 9.17) is 15.9 Å². The first kappa shape index (κ1) is 23.4. The van der Waals surface area contributed by atoms with Crippen molar-refractivity contribution in [1.82, 2.24) is 9.97 Å². The molecule has 0 spiro atoms. The van der Waals surface area contributed by atoms with Crippen LogP contribution >= 0.6 is 0 Å². The molecule has 1 aliphatic rings. The molecule has 0 radical (unpaired) electrons. The SMILES string of the molecule is CC.CCC.N=C(c1nc2ccccc2[nH]1)c1cc(N)ccc1NC1CCCCO1. The molecule has 1 aliphatic heterocycles. The Bertz CT molecular complexity index is 895. The molecule has 162 valence electrons.